The third kappa shape index (κ3) is 5.82. The van der Waals surface area contributed by atoms with Crippen LogP contribution in [0.1, 0.15) is 13.3 Å². The van der Waals surface area contributed by atoms with Gasteiger partial charge in [0.2, 0.25) is 0 Å². The van der Waals surface area contributed by atoms with E-state index < -0.39 is 0 Å². The van der Waals surface area contributed by atoms with Gasteiger partial charge in [-0.05, 0) is 18.6 Å². The second-order valence-electron chi connectivity index (χ2n) is 3.46. The van der Waals surface area contributed by atoms with Gasteiger partial charge >= 0.3 is 0 Å². The van der Waals surface area contributed by atoms with E-state index in [9.17, 15) is 0 Å². The van der Waals surface area contributed by atoms with Gasteiger partial charge in [0.05, 0.1) is 6.61 Å². The maximum atomic E-state index is 5.92. The number of hydrogen-bond acceptors (Lipinski definition) is 3. The van der Waals surface area contributed by atoms with E-state index in [1.54, 1.807) is 11.8 Å². The van der Waals surface area contributed by atoms with Crippen LogP contribution in [0.25, 0.3) is 0 Å². The van der Waals surface area contributed by atoms with Crippen LogP contribution in [0.4, 0.5) is 0 Å². The Morgan fingerprint density at radius 1 is 1.33 bits per heavy atom. The predicted octanol–water partition coefficient (Wildman–Crippen LogP) is 2.53. The molecule has 0 bridgehead atoms. The molecule has 0 aliphatic rings. The minimum absolute atomic E-state index is 0.127. The van der Waals surface area contributed by atoms with Crippen LogP contribution < -0.4 is 5.73 Å². The number of benzene rings is 1. The molecule has 2 nitrogen and oxygen atoms in total. The van der Waals surface area contributed by atoms with Crippen molar-refractivity contribution in [2.75, 3.05) is 19.0 Å². The Labute approximate surface area is 96.2 Å². The minimum Gasteiger partial charge on any atom is -0.380 e. The molecule has 1 atom stereocenters. The van der Waals surface area contributed by atoms with Gasteiger partial charge in [0.25, 0.3) is 0 Å². The van der Waals surface area contributed by atoms with Crippen LogP contribution in [-0.4, -0.2) is 25.0 Å². The molecule has 0 aliphatic carbocycles. The third-order valence-corrected chi connectivity index (χ3v) is 3.09. The molecular formula is C12H19NOS. The lowest BCUT2D eigenvalue weighted by molar-refractivity contribution is 0.126. The van der Waals surface area contributed by atoms with Gasteiger partial charge in [-0.1, -0.05) is 25.1 Å². The van der Waals surface area contributed by atoms with E-state index in [4.69, 9.17) is 10.5 Å². The van der Waals surface area contributed by atoms with Gasteiger partial charge in [-0.15, -0.1) is 11.8 Å². The Morgan fingerprint density at radius 2 is 2.07 bits per heavy atom. The first-order valence-electron chi connectivity index (χ1n) is 5.34. The molecule has 1 aromatic rings. The highest BCUT2D eigenvalue weighted by atomic mass is 32.2. The molecule has 0 spiro atoms. The molecule has 2 N–H and O–H groups in total. The molecule has 0 saturated heterocycles. The molecule has 0 fully saturated rings. The fourth-order valence-electron chi connectivity index (χ4n) is 1.15. The molecule has 0 radical (unpaired) electrons. The van der Waals surface area contributed by atoms with Gasteiger partial charge in [-0.2, -0.15) is 0 Å². The number of hydrogen-bond donors (Lipinski definition) is 1. The fraction of sp³-hybridized carbons (Fsp3) is 0.500. The minimum atomic E-state index is 0.127. The standard InChI is InChI=1S/C12H19NOS/c1-2-8-14-9-11(13)10-15-12-6-4-3-5-7-12/h3-7,11H,2,8-10,13H2,1H3. The maximum Gasteiger partial charge on any atom is 0.0625 e. The fourth-order valence-corrected chi connectivity index (χ4v) is 2.00. The Balaban J connectivity index is 2.14. The summed E-state index contributed by atoms with van der Waals surface area (Å²) in [6.45, 7) is 3.57. The van der Waals surface area contributed by atoms with Crippen LogP contribution in [0, 0.1) is 0 Å². The van der Waals surface area contributed by atoms with Crippen LogP contribution in [-0.2, 0) is 4.74 Å². The Morgan fingerprint density at radius 3 is 2.73 bits per heavy atom. The van der Waals surface area contributed by atoms with Crippen LogP contribution >= 0.6 is 11.8 Å². The zero-order valence-corrected chi connectivity index (χ0v) is 10.0. The van der Waals surface area contributed by atoms with E-state index in [1.165, 1.54) is 4.90 Å². The summed E-state index contributed by atoms with van der Waals surface area (Å²) in [6.07, 6.45) is 1.05. The lowest BCUT2D eigenvalue weighted by Gasteiger charge is -2.11. The number of thioether (sulfide) groups is 1. The van der Waals surface area contributed by atoms with Crippen molar-refractivity contribution in [1.82, 2.24) is 0 Å². The van der Waals surface area contributed by atoms with Gasteiger partial charge < -0.3 is 10.5 Å². The van der Waals surface area contributed by atoms with Crippen LogP contribution in [0.15, 0.2) is 35.2 Å². The zero-order valence-electron chi connectivity index (χ0n) is 9.19. The highest BCUT2D eigenvalue weighted by Crippen LogP contribution is 2.17. The number of rotatable bonds is 7. The second-order valence-corrected chi connectivity index (χ2v) is 4.55. The first-order chi connectivity index (χ1) is 7.33. The molecule has 1 rings (SSSR count). The molecule has 0 amide bonds. The highest BCUT2D eigenvalue weighted by molar-refractivity contribution is 7.99. The summed E-state index contributed by atoms with van der Waals surface area (Å²) in [5.74, 6) is 0.910. The predicted molar refractivity (Wildman–Crippen MR) is 66.3 cm³/mol. The maximum absolute atomic E-state index is 5.92. The molecule has 0 heterocycles. The Kier molecular flexibility index (Phi) is 6.48. The summed E-state index contributed by atoms with van der Waals surface area (Å²) >= 11 is 1.78. The zero-order chi connectivity index (χ0) is 10.9. The van der Waals surface area contributed by atoms with Crippen molar-refractivity contribution < 1.29 is 4.74 Å². The largest absolute Gasteiger partial charge is 0.380 e. The normalized spacial score (nSPS) is 12.7. The van der Waals surface area contributed by atoms with Crippen molar-refractivity contribution in [2.24, 2.45) is 5.73 Å². The van der Waals surface area contributed by atoms with Crippen LogP contribution in [0.2, 0.25) is 0 Å². The molecule has 1 unspecified atom stereocenters. The third-order valence-electron chi connectivity index (χ3n) is 1.89. The van der Waals surface area contributed by atoms with Gasteiger partial charge in [-0.25, -0.2) is 0 Å². The van der Waals surface area contributed by atoms with Crippen molar-refractivity contribution in [3.63, 3.8) is 0 Å². The van der Waals surface area contributed by atoms with E-state index in [-0.39, 0.29) is 6.04 Å². The molecular weight excluding hydrogens is 206 g/mol. The van der Waals surface area contributed by atoms with E-state index in [0.29, 0.717) is 6.61 Å². The smallest absolute Gasteiger partial charge is 0.0625 e. The monoisotopic (exact) mass is 225 g/mol. The molecule has 1 aromatic carbocycles. The first-order valence-corrected chi connectivity index (χ1v) is 6.32. The molecule has 0 aliphatic heterocycles. The van der Waals surface area contributed by atoms with Gasteiger partial charge in [-0.3, -0.25) is 0 Å². The van der Waals surface area contributed by atoms with Gasteiger partial charge in [0, 0.05) is 23.3 Å². The summed E-state index contributed by atoms with van der Waals surface area (Å²) in [4.78, 5) is 1.27. The molecule has 15 heavy (non-hydrogen) atoms. The summed E-state index contributed by atoms with van der Waals surface area (Å²) in [6, 6.07) is 10.4. The summed E-state index contributed by atoms with van der Waals surface area (Å²) < 4.78 is 5.39. The lowest BCUT2D eigenvalue weighted by Crippen LogP contribution is -2.28. The average Bonchev–Trinajstić information content (AvgIpc) is 2.28. The number of ether oxygens (including phenoxy) is 1. The van der Waals surface area contributed by atoms with E-state index >= 15 is 0 Å². The quantitative estimate of drug-likeness (QED) is 0.572. The second kappa shape index (κ2) is 7.74. The lowest BCUT2D eigenvalue weighted by atomic mass is 10.4. The molecule has 0 aromatic heterocycles. The summed E-state index contributed by atoms with van der Waals surface area (Å²) in [5, 5.41) is 0. The topological polar surface area (TPSA) is 35.2 Å². The molecule has 0 saturated carbocycles. The molecule has 84 valence electrons. The van der Waals surface area contributed by atoms with E-state index in [1.807, 2.05) is 18.2 Å². The number of nitrogens with two attached hydrogens (primary N) is 1. The summed E-state index contributed by atoms with van der Waals surface area (Å²) in [5.41, 5.74) is 5.92. The van der Waals surface area contributed by atoms with E-state index in [0.717, 1.165) is 18.8 Å². The van der Waals surface area contributed by atoms with E-state index in [2.05, 4.69) is 19.1 Å². The first kappa shape index (κ1) is 12.6. The SMILES string of the molecule is CCCOCC(N)CSc1ccccc1. The van der Waals surface area contributed by atoms with Crippen molar-refractivity contribution in [3.05, 3.63) is 30.3 Å². The van der Waals surface area contributed by atoms with Crippen molar-refractivity contribution in [2.45, 2.75) is 24.3 Å². The van der Waals surface area contributed by atoms with Crippen LogP contribution in [0.5, 0.6) is 0 Å². The van der Waals surface area contributed by atoms with Crippen LogP contribution in [0.3, 0.4) is 0 Å². The van der Waals surface area contributed by atoms with Gasteiger partial charge in [0.1, 0.15) is 0 Å². The average molecular weight is 225 g/mol. The highest BCUT2D eigenvalue weighted by Gasteiger charge is 2.03. The van der Waals surface area contributed by atoms with Crippen molar-refractivity contribution in [3.8, 4) is 0 Å². The van der Waals surface area contributed by atoms with Gasteiger partial charge in [0.15, 0.2) is 0 Å². The van der Waals surface area contributed by atoms with Crippen molar-refractivity contribution >= 4 is 11.8 Å². The summed E-state index contributed by atoms with van der Waals surface area (Å²) in [7, 11) is 0. The van der Waals surface area contributed by atoms with Crippen molar-refractivity contribution in [1.29, 1.82) is 0 Å². The Bertz CT molecular complexity index is 253. The Hall–Kier alpha value is -0.510. The molecule has 3 heteroatoms.